The fourth-order valence-corrected chi connectivity index (χ4v) is 7.85. The van der Waals surface area contributed by atoms with Gasteiger partial charge in [0.2, 0.25) is 5.95 Å². The summed E-state index contributed by atoms with van der Waals surface area (Å²) in [5, 5.41) is 45.0. The second-order valence-electron chi connectivity index (χ2n) is 10.3. The van der Waals surface area contributed by atoms with Gasteiger partial charge in [0.05, 0.1) is 37.0 Å². The quantitative estimate of drug-likeness (QED) is 0.0823. The Morgan fingerprint density at radius 3 is 1.10 bits per heavy atom. The van der Waals surface area contributed by atoms with Gasteiger partial charge in [-0.05, 0) is 55.5 Å². The first-order chi connectivity index (χ1) is 29.4. The molecule has 1 aromatic heterocycles. The Balaban J connectivity index is -0.000000555. The van der Waals surface area contributed by atoms with E-state index in [4.69, 9.17) is 40.8 Å². The van der Waals surface area contributed by atoms with Crippen molar-refractivity contribution in [2.24, 2.45) is 4.76 Å². The van der Waals surface area contributed by atoms with E-state index in [1.54, 1.807) is 30.3 Å². The van der Waals surface area contributed by atoms with E-state index in [1.165, 1.54) is 55.8 Å². The number of ether oxygens (including phenoxy) is 1. The van der Waals surface area contributed by atoms with Crippen molar-refractivity contribution in [1.29, 1.82) is 26.3 Å². The SMILES string of the molecule is CC#N.CC#N.CC#N.CC#N.CC#N.CCOc1n/c(=N/[PH+](c2ccccc2)c2ccccc2)nc(N[PH+](c2ccccc2)c2ccccc2)[nH]1.F[B-](F)(F)F.F[B-](F)(F)F.[Fe+2]. The van der Waals surface area contributed by atoms with Crippen molar-refractivity contribution in [3.8, 4) is 36.4 Å². The smallest absolute Gasteiger partial charge is 0.465 e. The van der Waals surface area contributed by atoms with Crippen LogP contribution in [0.5, 0.6) is 6.01 Å². The van der Waals surface area contributed by atoms with Crippen molar-refractivity contribution in [1.82, 2.24) is 15.0 Å². The van der Waals surface area contributed by atoms with Gasteiger partial charge >= 0.3 is 31.6 Å². The minimum atomic E-state index is -6.00. The van der Waals surface area contributed by atoms with Crippen molar-refractivity contribution in [2.75, 3.05) is 11.7 Å². The minimum absolute atomic E-state index is 0. The van der Waals surface area contributed by atoms with E-state index >= 15 is 0 Å². The van der Waals surface area contributed by atoms with E-state index in [2.05, 4.69) is 87.9 Å². The summed E-state index contributed by atoms with van der Waals surface area (Å²) in [4.78, 5) is 12.7. The average molecular weight is 960 g/mol. The summed E-state index contributed by atoms with van der Waals surface area (Å²) < 4.78 is 88.9. The maximum atomic E-state index is 9.75. The van der Waals surface area contributed by atoms with Crippen molar-refractivity contribution in [3.63, 3.8) is 0 Å². The maximum Gasteiger partial charge on any atom is 2.00 e. The van der Waals surface area contributed by atoms with E-state index in [9.17, 15) is 34.5 Å². The van der Waals surface area contributed by atoms with Gasteiger partial charge < -0.3 is 39.3 Å². The molecule has 0 bridgehead atoms. The number of aromatic amines is 1. The van der Waals surface area contributed by atoms with Crippen molar-refractivity contribution >= 4 is 57.8 Å². The first-order valence-electron chi connectivity index (χ1n) is 17.5. The van der Waals surface area contributed by atoms with E-state index in [-0.39, 0.29) is 17.1 Å². The van der Waals surface area contributed by atoms with Crippen LogP contribution in [-0.4, -0.2) is 36.1 Å². The van der Waals surface area contributed by atoms with E-state index in [1.807, 2.05) is 55.5 Å². The molecule has 0 spiro atoms. The third kappa shape index (κ3) is 38.4. The van der Waals surface area contributed by atoms with Gasteiger partial charge in [-0.3, -0.25) is 4.98 Å². The molecule has 5 aromatic rings. The molecule has 63 heavy (non-hydrogen) atoms. The number of nitriles is 5. The first-order valence-corrected chi connectivity index (χ1v) is 20.5. The molecule has 0 atom stereocenters. The van der Waals surface area contributed by atoms with Gasteiger partial charge in [-0.15, -0.1) is 0 Å². The zero-order valence-corrected chi connectivity index (χ0v) is 37.9. The van der Waals surface area contributed by atoms with Gasteiger partial charge in [0.1, 0.15) is 21.2 Å². The Labute approximate surface area is 375 Å². The molecule has 5 rings (SSSR count). The molecule has 0 aliphatic rings. The van der Waals surface area contributed by atoms with Gasteiger partial charge in [0, 0.05) is 34.6 Å². The summed E-state index contributed by atoms with van der Waals surface area (Å²) >= 11 is 0. The van der Waals surface area contributed by atoms with E-state index in [0.29, 0.717) is 24.2 Å². The summed E-state index contributed by atoms with van der Waals surface area (Å²) in [6, 6.07) is 50.8. The molecular weight excluding hydrogens is 916 g/mol. The molecule has 2 N–H and O–H groups in total. The summed E-state index contributed by atoms with van der Waals surface area (Å²) in [6.07, 6.45) is 0. The molecule has 0 aliphatic carbocycles. The van der Waals surface area contributed by atoms with Crippen LogP contribution in [0.4, 0.5) is 40.5 Å². The summed E-state index contributed by atoms with van der Waals surface area (Å²) in [5.74, 6) is 0.585. The average Bonchev–Trinajstić information content (AvgIpc) is 3.21. The number of nitrogens with one attached hydrogen (secondary N) is 2. The van der Waals surface area contributed by atoms with Crippen LogP contribution in [0.2, 0.25) is 0 Å². The van der Waals surface area contributed by atoms with Crippen LogP contribution in [-0.2, 0) is 17.1 Å². The number of halogens is 8. The first kappa shape index (κ1) is 63.3. The molecular formula is C39H44B2F8FeN10OP2+2. The van der Waals surface area contributed by atoms with Crippen LogP contribution in [0.1, 0.15) is 41.5 Å². The number of hydrogen-bond acceptors (Lipinski definition) is 10. The normalized spacial score (nSPS) is 9.35. The van der Waals surface area contributed by atoms with Crippen molar-refractivity contribution < 1.29 is 56.3 Å². The molecule has 0 aliphatic heterocycles. The predicted octanol–water partition coefficient (Wildman–Crippen LogP) is 9.32. The molecule has 0 amide bonds. The van der Waals surface area contributed by atoms with Crippen LogP contribution >= 0.6 is 16.1 Å². The Hall–Kier alpha value is -6.31. The minimum Gasteiger partial charge on any atom is -0.465 e. The third-order valence-corrected chi connectivity index (χ3v) is 10.1. The Kier molecular flexibility index (Phi) is 40.0. The third-order valence-electron chi connectivity index (χ3n) is 5.59. The van der Waals surface area contributed by atoms with Gasteiger partial charge in [-0.25, -0.2) is 5.09 Å². The fourth-order valence-electron chi connectivity index (χ4n) is 3.91. The second-order valence-corrected chi connectivity index (χ2v) is 14.5. The Morgan fingerprint density at radius 1 is 0.556 bits per heavy atom. The number of benzene rings is 4. The number of anilines is 1. The Morgan fingerprint density at radius 2 is 0.825 bits per heavy atom. The maximum absolute atomic E-state index is 9.75. The molecule has 11 nitrogen and oxygen atoms in total. The fraction of sp³-hybridized carbons (Fsp3) is 0.179. The van der Waals surface area contributed by atoms with Gasteiger partial charge in [-0.2, -0.15) is 36.3 Å². The summed E-state index contributed by atoms with van der Waals surface area (Å²) in [5.41, 5.74) is 0.397. The van der Waals surface area contributed by atoms with Crippen molar-refractivity contribution in [3.05, 3.63) is 127 Å². The second kappa shape index (κ2) is 39.8. The van der Waals surface area contributed by atoms with Crippen LogP contribution in [0.25, 0.3) is 0 Å². The van der Waals surface area contributed by atoms with Crippen LogP contribution in [0, 0.1) is 56.7 Å². The molecule has 0 fully saturated rings. The Bertz CT molecular complexity index is 2010. The van der Waals surface area contributed by atoms with Crippen molar-refractivity contribution in [2.45, 2.75) is 41.5 Å². The number of H-pyrrole nitrogens is 1. The van der Waals surface area contributed by atoms with Gasteiger partial charge in [-0.1, -0.05) is 77.6 Å². The van der Waals surface area contributed by atoms with Crippen LogP contribution in [0.15, 0.2) is 126 Å². The zero-order chi connectivity index (χ0) is 47.8. The number of nitrogens with zero attached hydrogens (tertiary/aromatic N) is 8. The van der Waals surface area contributed by atoms with Crippen LogP contribution < -0.4 is 36.7 Å². The predicted molar refractivity (Wildman–Crippen MR) is 234 cm³/mol. The summed E-state index contributed by atoms with van der Waals surface area (Å²) in [7, 11) is -14.9. The zero-order valence-electron chi connectivity index (χ0n) is 34.8. The molecule has 1 heterocycles. The molecule has 0 unspecified atom stereocenters. The monoisotopic (exact) mass is 960 g/mol. The molecule has 0 saturated carbocycles. The van der Waals surface area contributed by atoms with E-state index < -0.39 is 30.7 Å². The molecule has 334 valence electrons. The molecule has 4 aromatic carbocycles. The standard InChI is InChI=1S/C29H27N5OP2.5C2H3N.2BF4.Fe/c1-2-35-29-31-27(33-36(23-15-7-3-8-16-23)24-17-9-4-10-18-24)30-28(32-29)34-37(25-19-11-5-12-20-25)26-21-13-6-14-22-26;5*1-2-3;2*2-1(3,4)5;/h3-22H,2H2,1H3,(H2,30,31,32,33,34);5*1H3;;;/q;;;;;;2*-1;+2/p+2. The number of rotatable bonds is 9. The molecule has 0 radical (unpaired) electrons. The number of aromatic nitrogens is 3. The van der Waals surface area contributed by atoms with E-state index in [0.717, 1.165) is 0 Å². The van der Waals surface area contributed by atoms with Crippen LogP contribution in [0.3, 0.4) is 0 Å². The molecule has 0 saturated heterocycles. The number of hydrogen-bond donors (Lipinski definition) is 2. The molecule has 24 heteroatoms. The largest absolute Gasteiger partial charge is 2.00 e. The topological polar surface area (TPSA) is 194 Å². The summed E-state index contributed by atoms with van der Waals surface area (Å²) in [6.45, 7) is 9.57. The van der Waals surface area contributed by atoms with Gasteiger partial charge in [0.15, 0.2) is 16.1 Å². The van der Waals surface area contributed by atoms with Gasteiger partial charge in [0.25, 0.3) is 11.6 Å².